The third-order valence-corrected chi connectivity index (χ3v) is 3.03. The molecule has 122 valence electrons. The average Bonchev–Trinajstić information content (AvgIpc) is 2.50. The maximum Gasteiger partial charge on any atom is 0.319 e. The Morgan fingerprint density at radius 1 is 1.04 bits per heavy atom. The van der Waals surface area contributed by atoms with Crippen molar-refractivity contribution >= 4 is 23.1 Å². The Morgan fingerprint density at radius 2 is 1.70 bits per heavy atom. The summed E-state index contributed by atoms with van der Waals surface area (Å²) in [6.07, 6.45) is 0. The minimum absolute atomic E-state index is 0.103. The molecule has 0 fully saturated rings. The van der Waals surface area contributed by atoms with Gasteiger partial charge in [-0.2, -0.15) is 0 Å². The van der Waals surface area contributed by atoms with Crippen LogP contribution >= 0.6 is 0 Å². The van der Waals surface area contributed by atoms with Crippen LogP contribution in [0, 0.1) is 0 Å². The standard InChI is InChI=1S/C18H23N3O2/c1-4-23-17-8-6-5-7-16(17)20-14-9-11-15(12-10-14)21-18(22)19-13(2)3/h5-13,20H,4H2,1-3H3,(H2,19,21,22). The first-order chi connectivity index (χ1) is 11.1. The van der Waals surface area contributed by atoms with Gasteiger partial charge in [0.05, 0.1) is 12.3 Å². The van der Waals surface area contributed by atoms with Gasteiger partial charge in [-0.1, -0.05) is 12.1 Å². The van der Waals surface area contributed by atoms with Crippen LogP contribution in [0.3, 0.4) is 0 Å². The summed E-state index contributed by atoms with van der Waals surface area (Å²) in [7, 11) is 0. The maximum atomic E-state index is 11.7. The first-order valence-electron chi connectivity index (χ1n) is 7.75. The fourth-order valence-electron chi connectivity index (χ4n) is 2.07. The molecule has 23 heavy (non-hydrogen) atoms. The number of carbonyl (C=O) groups excluding carboxylic acids is 1. The summed E-state index contributed by atoms with van der Waals surface area (Å²) in [5.74, 6) is 0.813. The van der Waals surface area contributed by atoms with E-state index < -0.39 is 0 Å². The van der Waals surface area contributed by atoms with E-state index in [1.54, 1.807) is 0 Å². The molecule has 0 aliphatic carbocycles. The van der Waals surface area contributed by atoms with Crippen LogP contribution < -0.4 is 20.7 Å². The van der Waals surface area contributed by atoms with Crippen molar-refractivity contribution in [1.82, 2.24) is 5.32 Å². The number of hydrogen-bond acceptors (Lipinski definition) is 3. The highest BCUT2D eigenvalue weighted by molar-refractivity contribution is 5.89. The van der Waals surface area contributed by atoms with Crippen LogP contribution in [0.1, 0.15) is 20.8 Å². The van der Waals surface area contributed by atoms with Gasteiger partial charge in [-0.05, 0) is 57.2 Å². The van der Waals surface area contributed by atoms with E-state index in [1.807, 2.05) is 69.3 Å². The molecule has 0 aromatic heterocycles. The molecule has 5 heteroatoms. The largest absolute Gasteiger partial charge is 0.492 e. The Kier molecular flexibility index (Phi) is 5.86. The fourth-order valence-corrected chi connectivity index (χ4v) is 2.07. The second kappa shape index (κ2) is 8.08. The van der Waals surface area contributed by atoms with Crippen molar-refractivity contribution in [3.63, 3.8) is 0 Å². The lowest BCUT2D eigenvalue weighted by molar-refractivity contribution is 0.250. The van der Waals surface area contributed by atoms with Gasteiger partial charge in [0.15, 0.2) is 0 Å². The van der Waals surface area contributed by atoms with E-state index in [2.05, 4.69) is 16.0 Å². The molecule has 3 N–H and O–H groups in total. The summed E-state index contributed by atoms with van der Waals surface area (Å²) >= 11 is 0. The molecule has 0 aliphatic heterocycles. The normalized spacial score (nSPS) is 10.3. The molecule has 0 bridgehead atoms. The van der Waals surface area contributed by atoms with Crippen molar-refractivity contribution in [2.45, 2.75) is 26.8 Å². The van der Waals surface area contributed by atoms with Crippen molar-refractivity contribution in [2.75, 3.05) is 17.2 Å². The molecule has 0 unspecified atom stereocenters. The summed E-state index contributed by atoms with van der Waals surface area (Å²) in [6, 6.07) is 15.2. The molecule has 0 saturated carbocycles. The SMILES string of the molecule is CCOc1ccccc1Nc1ccc(NC(=O)NC(C)C)cc1. The van der Waals surface area contributed by atoms with Crippen LogP contribution in [0.15, 0.2) is 48.5 Å². The number of rotatable bonds is 6. The van der Waals surface area contributed by atoms with Gasteiger partial charge >= 0.3 is 6.03 Å². The van der Waals surface area contributed by atoms with Crippen LogP contribution in [0.25, 0.3) is 0 Å². The van der Waals surface area contributed by atoms with E-state index >= 15 is 0 Å². The van der Waals surface area contributed by atoms with Crippen molar-refractivity contribution < 1.29 is 9.53 Å². The molecule has 0 saturated heterocycles. The number of ether oxygens (including phenoxy) is 1. The lowest BCUT2D eigenvalue weighted by Gasteiger charge is -2.13. The monoisotopic (exact) mass is 313 g/mol. The van der Waals surface area contributed by atoms with Crippen molar-refractivity contribution in [3.8, 4) is 5.75 Å². The number of nitrogens with one attached hydrogen (secondary N) is 3. The molecule has 2 aromatic carbocycles. The predicted molar refractivity (Wildman–Crippen MR) is 94.6 cm³/mol. The van der Waals surface area contributed by atoms with Gasteiger partial charge in [0.2, 0.25) is 0 Å². The Morgan fingerprint density at radius 3 is 2.35 bits per heavy atom. The van der Waals surface area contributed by atoms with Crippen molar-refractivity contribution in [1.29, 1.82) is 0 Å². The molecule has 0 radical (unpaired) electrons. The first kappa shape index (κ1) is 16.7. The third kappa shape index (κ3) is 5.21. The van der Waals surface area contributed by atoms with Gasteiger partial charge in [-0.25, -0.2) is 4.79 Å². The molecule has 0 atom stereocenters. The summed E-state index contributed by atoms with van der Waals surface area (Å²) in [4.78, 5) is 11.7. The number of amides is 2. The zero-order valence-corrected chi connectivity index (χ0v) is 13.7. The van der Waals surface area contributed by atoms with Crippen LogP contribution in [0.4, 0.5) is 21.9 Å². The van der Waals surface area contributed by atoms with Gasteiger partial charge in [0.1, 0.15) is 5.75 Å². The smallest absolute Gasteiger partial charge is 0.319 e. The van der Waals surface area contributed by atoms with E-state index in [0.717, 1.165) is 22.8 Å². The minimum atomic E-state index is -0.206. The minimum Gasteiger partial charge on any atom is -0.492 e. The third-order valence-electron chi connectivity index (χ3n) is 3.03. The predicted octanol–water partition coefficient (Wildman–Crippen LogP) is 4.36. The lowest BCUT2D eigenvalue weighted by atomic mass is 10.2. The van der Waals surface area contributed by atoms with Gasteiger partial charge in [0.25, 0.3) is 0 Å². The second-order valence-corrected chi connectivity index (χ2v) is 5.38. The molecular weight excluding hydrogens is 290 g/mol. The molecule has 2 amide bonds. The summed E-state index contributed by atoms with van der Waals surface area (Å²) < 4.78 is 5.59. The quantitative estimate of drug-likeness (QED) is 0.742. The molecule has 2 rings (SSSR count). The second-order valence-electron chi connectivity index (χ2n) is 5.38. The van der Waals surface area contributed by atoms with Gasteiger partial charge < -0.3 is 20.7 Å². The van der Waals surface area contributed by atoms with Crippen LogP contribution in [0.5, 0.6) is 5.75 Å². The lowest BCUT2D eigenvalue weighted by Crippen LogP contribution is -2.34. The number of hydrogen-bond donors (Lipinski definition) is 3. The van der Waals surface area contributed by atoms with E-state index in [4.69, 9.17) is 4.74 Å². The average molecular weight is 313 g/mol. The van der Waals surface area contributed by atoms with Gasteiger partial charge in [-0.3, -0.25) is 0 Å². The topological polar surface area (TPSA) is 62.4 Å². The molecule has 5 nitrogen and oxygen atoms in total. The summed E-state index contributed by atoms with van der Waals surface area (Å²) in [5.41, 5.74) is 2.58. The maximum absolute atomic E-state index is 11.7. The highest BCUT2D eigenvalue weighted by Gasteiger charge is 2.05. The van der Waals surface area contributed by atoms with Gasteiger partial charge in [0, 0.05) is 17.4 Å². The first-order valence-corrected chi connectivity index (χ1v) is 7.75. The Balaban J connectivity index is 2.01. The molecule has 2 aromatic rings. The Labute approximate surface area is 137 Å². The van der Waals surface area contributed by atoms with E-state index in [-0.39, 0.29) is 12.1 Å². The number of anilines is 3. The number of urea groups is 1. The summed E-state index contributed by atoms with van der Waals surface area (Å²) in [6.45, 7) is 6.41. The Bertz CT molecular complexity index is 639. The van der Waals surface area contributed by atoms with E-state index in [0.29, 0.717) is 6.61 Å². The molecule has 0 heterocycles. The highest BCUT2D eigenvalue weighted by atomic mass is 16.5. The molecule has 0 aliphatic rings. The number of carbonyl (C=O) groups is 1. The van der Waals surface area contributed by atoms with Crippen LogP contribution in [0.2, 0.25) is 0 Å². The molecular formula is C18H23N3O2. The summed E-state index contributed by atoms with van der Waals surface area (Å²) in [5, 5.41) is 8.90. The Hall–Kier alpha value is -2.69. The van der Waals surface area contributed by atoms with Gasteiger partial charge in [-0.15, -0.1) is 0 Å². The van der Waals surface area contributed by atoms with Crippen molar-refractivity contribution in [2.24, 2.45) is 0 Å². The van der Waals surface area contributed by atoms with Crippen LogP contribution in [-0.4, -0.2) is 18.7 Å². The van der Waals surface area contributed by atoms with Crippen LogP contribution in [-0.2, 0) is 0 Å². The zero-order valence-electron chi connectivity index (χ0n) is 13.7. The number of benzene rings is 2. The molecule has 0 spiro atoms. The fraction of sp³-hybridized carbons (Fsp3) is 0.278. The van der Waals surface area contributed by atoms with E-state index in [9.17, 15) is 4.79 Å². The highest BCUT2D eigenvalue weighted by Crippen LogP contribution is 2.27. The number of para-hydroxylation sites is 2. The van der Waals surface area contributed by atoms with E-state index in [1.165, 1.54) is 0 Å². The van der Waals surface area contributed by atoms with Crippen molar-refractivity contribution in [3.05, 3.63) is 48.5 Å². The zero-order chi connectivity index (χ0) is 16.7.